The van der Waals surface area contributed by atoms with Gasteiger partial charge in [-0.05, 0) is 35.9 Å². The van der Waals surface area contributed by atoms with Gasteiger partial charge in [-0.15, -0.1) is 0 Å². The van der Waals surface area contributed by atoms with Crippen LogP contribution < -0.4 is 20.2 Å². The van der Waals surface area contributed by atoms with Crippen molar-refractivity contribution in [3.8, 4) is 11.5 Å². The summed E-state index contributed by atoms with van der Waals surface area (Å²) in [4.78, 5) is 25.2. The van der Waals surface area contributed by atoms with Crippen LogP contribution in [0.5, 0.6) is 11.5 Å². The van der Waals surface area contributed by atoms with Gasteiger partial charge in [-0.1, -0.05) is 6.07 Å². The van der Waals surface area contributed by atoms with Crippen LogP contribution in [-0.2, 0) is 0 Å². The molecule has 1 unspecified atom stereocenters. The Morgan fingerprint density at radius 2 is 1.81 bits per heavy atom. The van der Waals surface area contributed by atoms with Crippen LogP contribution in [-0.4, -0.2) is 20.1 Å². The maximum atomic E-state index is 13.6. The van der Waals surface area contributed by atoms with Crippen molar-refractivity contribution < 1.29 is 23.1 Å². The number of hydrogen-bond acceptors (Lipinski definition) is 5. The lowest BCUT2D eigenvalue weighted by molar-refractivity contribution is 0.0938. The van der Waals surface area contributed by atoms with Gasteiger partial charge in [0, 0.05) is 0 Å². The first-order valence-corrected chi connectivity index (χ1v) is 7.82. The van der Waals surface area contributed by atoms with Crippen molar-refractivity contribution in [2.75, 3.05) is 14.2 Å². The van der Waals surface area contributed by atoms with Crippen molar-refractivity contribution in [2.24, 2.45) is 0 Å². The van der Waals surface area contributed by atoms with Crippen LogP contribution >= 0.6 is 0 Å². The predicted molar refractivity (Wildman–Crippen MR) is 91.3 cm³/mol. The highest BCUT2D eigenvalue weighted by atomic mass is 19.1. The maximum absolute atomic E-state index is 13.6. The molecule has 1 aromatic heterocycles. The highest BCUT2D eigenvalue weighted by Crippen LogP contribution is 2.35. The number of nitrogens with one attached hydrogen (secondary N) is 1. The zero-order valence-electron chi connectivity index (χ0n) is 14.0. The summed E-state index contributed by atoms with van der Waals surface area (Å²) in [5.74, 6) is -0.126. The van der Waals surface area contributed by atoms with Gasteiger partial charge in [0.15, 0.2) is 16.9 Å². The molecule has 1 atom stereocenters. The number of carbonyl (C=O) groups is 1. The third kappa shape index (κ3) is 2.32. The quantitative estimate of drug-likeness (QED) is 0.782. The van der Waals surface area contributed by atoms with Crippen molar-refractivity contribution in [3.63, 3.8) is 0 Å². The van der Waals surface area contributed by atoms with Crippen LogP contribution in [0.15, 0.2) is 45.6 Å². The average molecular weight is 355 g/mol. The second-order valence-corrected chi connectivity index (χ2v) is 5.84. The van der Waals surface area contributed by atoms with Gasteiger partial charge in [0.1, 0.15) is 11.4 Å². The van der Waals surface area contributed by atoms with Gasteiger partial charge in [-0.3, -0.25) is 9.59 Å². The van der Waals surface area contributed by atoms with E-state index in [2.05, 4.69) is 5.32 Å². The lowest BCUT2D eigenvalue weighted by Crippen LogP contribution is -2.22. The van der Waals surface area contributed by atoms with Crippen LogP contribution in [0.25, 0.3) is 11.0 Å². The van der Waals surface area contributed by atoms with Gasteiger partial charge >= 0.3 is 0 Å². The third-order valence-electron chi connectivity index (χ3n) is 4.40. The molecule has 0 saturated heterocycles. The number of carbonyl (C=O) groups excluding carboxylic acids is 1. The molecule has 7 heteroatoms. The molecule has 2 heterocycles. The minimum absolute atomic E-state index is 0.0612. The Morgan fingerprint density at radius 3 is 2.54 bits per heavy atom. The summed E-state index contributed by atoms with van der Waals surface area (Å²) in [5, 5.41) is 2.82. The Bertz CT molecular complexity index is 1110. The summed E-state index contributed by atoms with van der Waals surface area (Å²) in [6, 6.07) is 7.97. The van der Waals surface area contributed by atoms with E-state index in [9.17, 15) is 14.0 Å². The standard InChI is InChI=1S/C19H14FNO5/c1-24-13-5-3-9(7-14(13)25-2)16-15-17(22)11-8-10(20)4-6-12(11)26-18(15)19(23)21-16/h3-8,16H,1-2H3,(H,21,23). The number of fused-ring (bicyclic) bond motifs is 2. The van der Waals surface area contributed by atoms with Crippen molar-refractivity contribution in [1.29, 1.82) is 0 Å². The van der Waals surface area contributed by atoms with E-state index < -0.39 is 23.2 Å². The molecule has 0 fully saturated rings. The SMILES string of the molecule is COc1ccc(C2NC(=O)c3oc4ccc(F)cc4c(=O)c32)cc1OC. The van der Waals surface area contributed by atoms with E-state index in [1.807, 2.05) is 0 Å². The minimum atomic E-state index is -0.721. The number of amides is 1. The molecule has 132 valence electrons. The van der Waals surface area contributed by atoms with E-state index in [0.717, 1.165) is 6.07 Å². The normalized spacial score (nSPS) is 15.7. The van der Waals surface area contributed by atoms with Crippen LogP contribution in [0, 0.1) is 5.82 Å². The molecule has 1 aliphatic rings. The summed E-state index contributed by atoms with van der Waals surface area (Å²) in [6.45, 7) is 0. The molecule has 26 heavy (non-hydrogen) atoms. The Morgan fingerprint density at radius 1 is 1.04 bits per heavy atom. The molecule has 0 spiro atoms. The van der Waals surface area contributed by atoms with Crippen molar-refractivity contribution in [2.45, 2.75) is 6.04 Å². The molecular formula is C19H14FNO5. The van der Waals surface area contributed by atoms with Crippen LogP contribution in [0.3, 0.4) is 0 Å². The number of benzene rings is 2. The largest absolute Gasteiger partial charge is 0.493 e. The first-order valence-electron chi connectivity index (χ1n) is 7.82. The summed E-state index contributed by atoms with van der Waals surface area (Å²) in [7, 11) is 3.01. The molecule has 6 nitrogen and oxygen atoms in total. The molecule has 1 amide bonds. The van der Waals surface area contributed by atoms with Gasteiger partial charge in [0.25, 0.3) is 5.91 Å². The van der Waals surface area contributed by atoms with Gasteiger partial charge in [-0.25, -0.2) is 4.39 Å². The van der Waals surface area contributed by atoms with E-state index in [1.54, 1.807) is 18.2 Å². The Hall–Kier alpha value is -3.35. The monoisotopic (exact) mass is 355 g/mol. The van der Waals surface area contributed by atoms with Crippen molar-refractivity contribution >= 4 is 16.9 Å². The van der Waals surface area contributed by atoms with Gasteiger partial charge in [0.2, 0.25) is 5.76 Å². The Balaban J connectivity index is 1.93. The van der Waals surface area contributed by atoms with Crippen LogP contribution in [0.4, 0.5) is 4.39 Å². The highest BCUT2D eigenvalue weighted by Gasteiger charge is 2.36. The number of hydrogen-bond donors (Lipinski definition) is 1. The highest BCUT2D eigenvalue weighted by molar-refractivity contribution is 5.99. The number of rotatable bonds is 3. The molecule has 2 aromatic carbocycles. The molecule has 0 bridgehead atoms. The number of halogens is 1. The van der Waals surface area contributed by atoms with Crippen LogP contribution in [0.1, 0.15) is 27.7 Å². The lowest BCUT2D eigenvalue weighted by Gasteiger charge is -2.14. The second kappa shape index (κ2) is 5.87. The summed E-state index contributed by atoms with van der Waals surface area (Å²) >= 11 is 0. The molecule has 1 N–H and O–H groups in total. The molecular weight excluding hydrogens is 341 g/mol. The Kier molecular flexibility index (Phi) is 3.64. The average Bonchev–Trinajstić information content (AvgIpc) is 2.99. The van der Waals surface area contributed by atoms with Gasteiger partial charge in [0.05, 0.1) is 31.2 Å². The molecule has 4 rings (SSSR count). The van der Waals surface area contributed by atoms with Crippen LogP contribution in [0.2, 0.25) is 0 Å². The summed E-state index contributed by atoms with van der Waals surface area (Å²) in [5.41, 5.74) is 0.496. The van der Waals surface area contributed by atoms with E-state index in [4.69, 9.17) is 13.9 Å². The second-order valence-electron chi connectivity index (χ2n) is 5.84. The van der Waals surface area contributed by atoms with Crippen molar-refractivity contribution in [1.82, 2.24) is 5.32 Å². The fourth-order valence-electron chi connectivity index (χ4n) is 3.16. The van der Waals surface area contributed by atoms with Crippen molar-refractivity contribution in [3.05, 3.63) is 69.3 Å². The summed E-state index contributed by atoms with van der Waals surface area (Å²) in [6.07, 6.45) is 0. The van der Waals surface area contributed by atoms with Gasteiger partial charge < -0.3 is 19.2 Å². The fraction of sp³-hybridized carbons (Fsp3) is 0.158. The van der Waals surface area contributed by atoms with Gasteiger partial charge in [-0.2, -0.15) is 0 Å². The van der Waals surface area contributed by atoms with E-state index in [1.165, 1.54) is 26.4 Å². The topological polar surface area (TPSA) is 77.8 Å². The molecule has 1 aliphatic heterocycles. The number of methoxy groups -OCH3 is 2. The predicted octanol–water partition coefficient (Wildman–Crippen LogP) is 2.78. The molecule has 0 saturated carbocycles. The molecule has 0 radical (unpaired) electrons. The number of ether oxygens (including phenoxy) is 2. The Labute approximate surface area is 147 Å². The maximum Gasteiger partial charge on any atom is 0.288 e. The fourth-order valence-corrected chi connectivity index (χ4v) is 3.16. The molecule has 0 aliphatic carbocycles. The van der Waals surface area contributed by atoms with E-state index >= 15 is 0 Å². The third-order valence-corrected chi connectivity index (χ3v) is 4.40. The summed E-state index contributed by atoms with van der Waals surface area (Å²) < 4.78 is 29.6. The first kappa shape index (κ1) is 16.1. The zero-order chi connectivity index (χ0) is 18.4. The zero-order valence-corrected chi connectivity index (χ0v) is 14.0. The minimum Gasteiger partial charge on any atom is -0.493 e. The van der Waals surface area contributed by atoms with E-state index in [-0.39, 0.29) is 22.3 Å². The van der Waals surface area contributed by atoms with E-state index in [0.29, 0.717) is 17.1 Å². The smallest absolute Gasteiger partial charge is 0.288 e. The lowest BCUT2D eigenvalue weighted by atomic mass is 9.99. The first-order chi connectivity index (χ1) is 12.5. The molecule has 3 aromatic rings.